The van der Waals surface area contributed by atoms with E-state index in [9.17, 15) is 4.79 Å². The van der Waals surface area contributed by atoms with Crippen molar-refractivity contribution in [2.45, 2.75) is 27.7 Å². The SMILES string of the molecule is CC(C)=NNC(=O)c1cc2cccc(C)c2nc1C. The van der Waals surface area contributed by atoms with Gasteiger partial charge in [-0.3, -0.25) is 9.78 Å². The molecule has 98 valence electrons. The van der Waals surface area contributed by atoms with E-state index >= 15 is 0 Å². The molecule has 0 saturated heterocycles. The Labute approximate surface area is 112 Å². The Hall–Kier alpha value is -2.23. The van der Waals surface area contributed by atoms with Crippen LogP contribution >= 0.6 is 0 Å². The Morgan fingerprint density at radius 3 is 2.68 bits per heavy atom. The van der Waals surface area contributed by atoms with Gasteiger partial charge in [-0.15, -0.1) is 0 Å². The number of hydrogen-bond acceptors (Lipinski definition) is 3. The van der Waals surface area contributed by atoms with Crippen LogP contribution in [-0.2, 0) is 0 Å². The highest BCUT2D eigenvalue weighted by molar-refractivity contribution is 5.99. The molecule has 0 atom stereocenters. The average Bonchev–Trinajstić information content (AvgIpc) is 2.36. The van der Waals surface area contributed by atoms with Crippen molar-refractivity contribution in [3.8, 4) is 0 Å². The van der Waals surface area contributed by atoms with Gasteiger partial charge < -0.3 is 0 Å². The molecule has 2 rings (SSSR count). The molecule has 2 aromatic rings. The number of rotatable bonds is 2. The number of aryl methyl sites for hydroxylation is 2. The van der Waals surface area contributed by atoms with Gasteiger partial charge in [-0.1, -0.05) is 18.2 Å². The third-order valence-corrected chi connectivity index (χ3v) is 2.86. The summed E-state index contributed by atoms with van der Waals surface area (Å²) in [5, 5.41) is 4.89. The molecule has 1 N–H and O–H groups in total. The number of aromatic nitrogens is 1. The Morgan fingerprint density at radius 2 is 2.00 bits per heavy atom. The maximum absolute atomic E-state index is 12.0. The second-order valence-electron chi connectivity index (χ2n) is 4.77. The average molecular weight is 255 g/mol. The van der Waals surface area contributed by atoms with Crippen molar-refractivity contribution in [3.05, 3.63) is 41.1 Å². The van der Waals surface area contributed by atoms with Crippen LogP contribution in [0.25, 0.3) is 10.9 Å². The Bertz CT molecular complexity index is 670. The molecule has 0 unspecified atom stereocenters. The second kappa shape index (κ2) is 5.18. The van der Waals surface area contributed by atoms with E-state index in [0.717, 1.165) is 22.2 Å². The number of hydrogen-bond donors (Lipinski definition) is 1. The molecule has 1 aromatic heterocycles. The number of carbonyl (C=O) groups excluding carboxylic acids is 1. The quantitative estimate of drug-likeness (QED) is 0.662. The van der Waals surface area contributed by atoms with Gasteiger partial charge in [0.05, 0.1) is 16.8 Å². The van der Waals surface area contributed by atoms with Gasteiger partial charge in [0, 0.05) is 11.1 Å². The minimum absolute atomic E-state index is 0.227. The molecule has 0 spiro atoms. The van der Waals surface area contributed by atoms with Crippen molar-refractivity contribution in [3.63, 3.8) is 0 Å². The van der Waals surface area contributed by atoms with E-state index in [-0.39, 0.29) is 5.91 Å². The van der Waals surface area contributed by atoms with Gasteiger partial charge in [-0.25, -0.2) is 5.43 Å². The first-order valence-corrected chi connectivity index (χ1v) is 6.17. The molecular weight excluding hydrogens is 238 g/mol. The molecule has 0 aliphatic rings. The van der Waals surface area contributed by atoms with Crippen molar-refractivity contribution in [1.82, 2.24) is 10.4 Å². The molecular formula is C15H17N3O. The van der Waals surface area contributed by atoms with Crippen LogP contribution in [0, 0.1) is 13.8 Å². The first kappa shape index (κ1) is 13.2. The minimum atomic E-state index is -0.227. The molecule has 0 radical (unpaired) electrons. The van der Waals surface area contributed by atoms with E-state index in [2.05, 4.69) is 15.5 Å². The van der Waals surface area contributed by atoms with Gasteiger partial charge in [0.1, 0.15) is 0 Å². The van der Waals surface area contributed by atoms with Crippen LogP contribution in [0.3, 0.4) is 0 Å². The lowest BCUT2D eigenvalue weighted by molar-refractivity contribution is 0.0954. The number of nitrogens with one attached hydrogen (secondary N) is 1. The summed E-state index contributed by atoms with van der Waals surface area (Å²) in [6, 6.07) is 7.80. The minimum Gasteiger partial charge on any atom is -0.267 e. The summed E-state index contributed by atoms with van der Waals surface area (Å²) in [6.07, 6.45) is 0. The Balaban J connectivity index is 2.47. The molecule has 4 nitrogen and oxygen atoms in total. The van der Waals surface area contributed by atoms with Crippen molar-refractivity contribution in [2.24, 2.45) is 5.10 Å². The molecule has 0 saturated carbocycles. The van der Waals surface area contributed by atoms with Crippen LogP contribution in [0.2, 0.25) is 0 Å². The summed E-state index contributed by atoms with van der Waals surface area (Å²) in [7, 11) is 0. The van der Waals surface area contributed by atoms with E-state index in [0.29, 0.717) is 11.3 Å². The van der Waals surface area contributed by atoms with E-state index in [1.807, 2.05) is 52.0 Å². The van der Waals surface area contributed by atoms with Gasteiger partial charge in [0.15, 0.2) is 0 Å². The van der Waals surface area contributed by atoms with Gasteiger partial charge in [-0.2, -0.15) is 5.10 Å². The number of hydrazone groups is 1. The molecule has 1 aromatic carbocycles. The lowest BCUT2D eigenvalue weighted by Crippen LogP contribution is -2.20. The molecule has 0 bridgehead atoms. The molecule has 19 heavy (non-hydrogen) atoms. The van der Waals surface area contributed by atoms with E-state index in [1.54, 1.807) is 0 Å². The number of fused-ring (bicyclic) bond motifs is 1. The van der Waals surface area contributed by atoms with Crippen LogP contribution in [0.5, 0.6) is 0 Å². The molecule has 0 fully saturated rings. The summed E-state index contributed by atoms with van der Waals surface area (Å²) in [5.74, 6) is -0.227. The lowest BCUT2D eigenvalue weighted by Gasteiger charge is -2.08. The van der Waals surface area contributed by atoms with Crippen molar-refractivity contribution >= 4 is 22.5 Å². The number of para-hydroxylation sites is 1. The van der Waals surface area contributed by atoms with Gasteiger partial charge in [-0.05, 0) is 39.3 Å². The van der Waals surface area contributed by atoms with Gasteiger partial charge in [0.2, 0.25) is 0 Å². The fourth-order valence-corrected chi connectivity index (χ4v) is 1.89. The van der Waals surface area contributed by atoms with Crippen LogP contribution in [0.4, 0.5) is 0 Å². The highest BCUT2D eigenvalue weighted by atomic mass is 16.2. The third-order valence-electron chi connectivity index (χ3n) is 2.86. The predicted molar refractivity (Wildman–Crippen MR) is 77.5 cm³/mol. The van der Waals surface area contributed by atoms with Crippen LogP contribution < -0.4 is 5.43 Å². The zero-order valence-electron chi connectivity index (χ0n) is 11.6. The lowest BCUT2D eigenvalue weighted by atomic mass is 10.1. The Kier molecular flexibility index (Phi) is 3.60. The summed E-state index contributed by atoms with van der Waals surface area (Å²) in [6.45, 7) is 7.51. The molecule has 1 heterocycles. The Morgan fingerprint density at radius 1 is 1.26 bits per heavy atom. The van der Waals surface area contributed by atoms with Crippen LogP contribution in [-0.4, -0.2) is 16.6 Å². The molecule has 4 heteroatoms. The van der Waals surface area contributed by atoms with Crippen LogP contribution in [0.1, 0.15) is 35.5 Å². The van der Waals surface area contributed by atoms with E-state index in [1.165, 1.54) is 0 Å². The largest absolute Gasteiger partial charge is 0.273 e. The van der Waals surface area contributed by atoms with E-state index < -0.39 is 0 Å². The summed E-state index contributed by atoms with van der Waals surface area (Å²) in [5.41, 5.74) is 6.64. The maximum atomic E-state index is 12.0. The molecule has 1 amide bonds. The number of benzene rings is 1. The number of nitrogens with zero attached hydrogens (tertiary/aromatic N) is 2. The van der Waals surface area contributed by atoms with Gasteiger partial charge in [0.25, 0.3) is 5.91 Å². The normalized spacial score (nSPS) is 10.3. The first-order valence-electron chi connectivity index (χ1n) is 6.17. The van der Waals surface area contributed by atoms with Gasteiger partial charge >= 0.3 is 0 Å². The second-order valence-corrected chi connectivity index (χ2v) is 4.77. The zero-order chi connectivity index (χ0) is 14.0. The summed E-state index contributed by atoms with van der Waals surface area (Å²) >= 11 is 0. The van der Waals surface area contributed by atoms with Crippen molar-refractivity contribution < 1.29 is 4.79 Å². The zero-order valence-corrected chi connectivity index (χ0v) is 11.6. The highest BCUT2D eigenvalue weighted by Crippen LogP contribution is 2.19. The monoisotopic (exact) mass is 255 g/mol. The topological polar surface area (TPSA) is 54.4 Å². The smallest absolute Gasteiger partial charge is 0.267 e. The first-order chi connectivity index (χ1) is 8.99. The third kappa shape index (κ3) is 2.78. The van der Waals surface area contributed by atoms with Crippen molar-refractivity contribution in [2.75, 3.05) is 0 Å². The summed E-state index contributed by atoms with van der Waals surface area (Å²) in [4.78, 5) is 16.6. The predicted octanol–water partition coefficient (Wildman–Crippen LogP) is 2.98. The highest BCUT2D eigenvalue weighted by Gasteiger charge is 2.11. The van der Waals surface area contributed by atoms with E-state index in [4.69, 9.17) is 0 Å². The standard InChI is InChI=1S/C15H17N3O/c1-9(2)17-18-15(19)13-8-12-7-5-6-10(3)14(12)16-11(13)4/h5-8H,1-4H3,(H,18,19). The number of carbonyl (C=O) groups is 1. The fraction of sp³-hybridized carbons (Fsp3) is 0.267. The summed E-state index contributed by atoms with van der Waals surface area (Å²) < 4.78 is 0. The maximum Gasteiger partial charge on any atom is 0.273 e. The molecule has 0 aliphatic heterocycles. The number of amides is 1. The van der Waals surface area contributed by atoms with Crippen molar-refractivity contribution in [1.29, 1.82) is 0 Å². The fourth-order valence-electron chi connectivity index (χ4n) is 1.89. The molecule has 0 aliphatic carbocycles. The van der Waals surface area contributed by atoms with Crippen LogP contribution in [0.15, 0.2) is 29.4 Å². The number of pyridine rings is 1.